The van der Waals surface area contributed by atoms with Crippen LogP contribution in [0, 0.1) is 11.3 Å². The van der Waals surface area contributed by atoms with Crippen molar-refractivity contribution in [1.82, 2.24) is 14.0 Å². The van der Waals surface area contributed by atoms with Crippen LogP contribution in [-0.2, 0) is 18.8 Å². The predicted octanol–water partition coefficient (Wildman–Crippen LogP) is -0.355. The van der Waals surface area contributed by atoms with Crippen LogP contribution in [0.5, 0.6) is 0 Å². The van der Waals surface area contributed by atoms with Crippen LogP contribution in [0.4, 0.5) is 5.82 Å². The van der Waals surface area contributed by atoms with Crippen molar-refractivity contribution in [2.24, 2.45) is 14.1 Å². The van der Waals surface area contributed by atoms with Gasteiger partial charge in [-0.05, 0) is 19.8 Å². The lowest BCUT2D eigenvalue weighted by atomic mass is 10.0. The van der Waals surface area contributed by atoms with Crippen LogP contribution in [0.1, 0.15) is 25.3 Å². The summed E-state index contributed by atoms with van der Waals surface area (Å²) >= 11 is 0. The van der Waals surface area contributed by atoms with Crippen LogP contribution in [0.25, 0.3) is 0 Å². The Kier molecular flexibility index (Phi) is 4.97. The Morgan fingerprint density at radius 3 is 2.40 bits per heavy atom. The van der Waals surface area contributed by atoms with E-state index in [0.717, 1.165) is 50.2 Å². The number of nitrogens with zero attached hydrogens (tertiary/aromatic N) is 5. The van der Waals surface area contributed by atoms with Gasteiger partial charge in [-0.3, -0.25) is 18.8 Å². The van der Waals surface area contributed by atoms with Gasteiger partial charge in [-0.25, -0.2) is 4.79 Å². The van der Waals surface area contributed by atoms with Gasteiger partial charge in [0, 0.05) is 46.3 Å². The number of hydrogen-bond acceptors (Lipinski definition) is 6. The maximum Gasteiger partial charge on any atom is 0.332 e. The fraction of sp³-hybridized carbons (Fsp3) is 0.706. The number of aromatic nitrogens is 2. The minimum Gasteiger partial charge on any atom is -0.376 e. The molecule has 2 fully saturated rings. The quantitative estimate of drug-likeness (QED) is 0.727. The molecule has 3 rings (SSSR count). The Morgan fingerprint density at radius 1 is 1.12 bits per heavy atom. The van der Waals surface area contributed by atoms with Crippen LogP contribution >= 0.6 is 0 Å². The van der Waals surface area contributed by atoms with Gasteiger partial charge in [-0.15, -0.1) is 0 Å². The predicted molar refractivity (Wildman–Crippen MR) is 93.9 cm³/mol. The fourth-order valence-corrected chi connectivity index (χ4v) is 3.92. The van der Waals surface area contributed by atoms with Crippen molar-refractivity contribution in [3.05, 3.63) is 26.4 Å². The van der Waals surface area contributed by atoms with Crippen LogP contribution < -0.4 is 16.1 Å². The zero-order valence-electron chi connectivity index (χ0n) is 15.1. The minimum absolute atomic E-state index is 0.0445. The molecule has 25 heavy (non-hydrogen) atoms. The molecule has 1 atom stereocenters. The molecule has 0 amide bonds. The number of morpholine rings is 1. The molecule has 0 bridgehead atoms. The van der Waals surface area contributed by atoms with Crippen molar-refractivity contribution in [2.45, 2.75) is 31.9 Å². The van der Waals surface area contributed by atoms with Crippen LogP contribution in [0.15, 0.2) is 9.59 Å². The number of nitriles is 1. The molecule has 2 aliphatic rings. The van der Waals surface area contributed by atoms with Gasteiger partial charge in [0.2, 0.25) is 0 Å². The average molecular weight is 347 g/mol. The molecule has 2 saturated heterocycles. The van der Waals surface area contributed by atoms with E-state index in [1.54, 1.807) is 7.05 Å². The first-order valence-corrected chi connectivity index (χ1v) is 8.74. The summed E-state index contributed by atoms with van der Waals surface area (Å²) in [4.78, 5) is 29.0. The molecule has 0 spiro atoms. The zero-order valence-corrected chi connectivity index (χ0v) is 15.1. The van der Waals surface area contributed by atoms with Crippen molar-refractivity contribution in [3.8, 4) is 6.07 Å². The van der Waals surface area contributed by atoms with Gasteiger partial charge in [0.25, 0.3) is 5.56 Å². The molecule has 0 saturated carbocycles. The van der Waals surface area contributed by atoms with Crippen molar-refractivity contribution < 1.29 is 4.74 Å². The van der Waals surface area contributed by atoms with Crippen LogP contribution in [0.2, 0.25) is 0 Å². The lowest BCUT2D eigenvalue weighted by Gasteiger charge is -2.42. The number of piperidine rings is 1. The number of ether oxygens (including phenoxy) is 1. The van der Waals surface area contributed by atoms with Gasteiger partial charge in [0.15, 0.2) is 5.56 Å². The second-order valence-electron chi connectivity index (χ2n) is 6.91. The molecule has 1 unspecified atom stereocenters. The first kappa shape index (κ1) is 17.7. The summed E-state index contributed by atoms with van der Waals surface area (Å²) < 4.78 is 8.01. The van der Waals surface area contributed by atoms with Gasteiger partial charge < -0.3 is 9.64 Å². The molecule has 2 aliphatic heterocycles. The summed E-state index contributed by atoms with van der Waals surface area (Å²) in [6, 6.07) is 2.47. The summed E-state index contributed by atoms with van der Waals surface area (Å²) in [6.45, 7) is 6.21. The molecule has 8 heteroatoms. The van der Waals surface area contributed by atoms with E-state index in [9.17, 15) is 14.9 Å². The highest BCUT2D eigenvalue weighted by Crippen LogP contribution is 2.24. The topological polar surface area (TPSA) is 83.5 Å². The number of hydrogen-bond donors (Lipinski definition) is 0. The van der Waals surface area contributed by atoms with E-state index >= 15 is 0 Å². The lowest BCUT2D eigenvalue weighted by Crippen LogP contribution is -2.52. The van der Waals surface area contributed by atoms with E-state index in [0.29, 0.717) is 11.9 Å². The third kappa shape index (κ3) is 3.22. The first-order chi connectivity index (χ1) is 11.9. The van der Waals surface area contributed by atoms with E-state index < -0.39 is 11.2 Å². The van der Waals surface area contributed by atoms with Gasteiger partial charge in [0.05, 0.1) is 12.7 Å². The van der Waals surface area contributed by atoms with E-state index in [1.165, 1.54) is 11.6 Å². The smallest absolute Gasteiger partial charge is 0.332 e. The highest BCUT2D eigenvalue weighted by molar-refractivity contribution is 5.53. The highest BCUT2D eigenvalue weighted by Gasteiger charge is 2.30. The van der Waals surface area contributed by atoms with E-state index in [4.69, 9.17) is 4.74 Å². The molecule has 0 N–H and O–H groups in total. The standard InChI is InChI=1S/C17H25N5O3/c1-12-11-22(8-9-25-12)13-4-6-21(7-5-13)15-14(10-18)16(23)20(3)17(24)19(15)2/h12-13H,4-9,11H2,1-3H3. The number of rotatable bonds is 2. The summed E-state index contributed by atoms with van der Waals surface area (Å²) in [7, 11) is 3.02. The van der Waals surface area contributed by atoms with E-state index in [1.807, 2.05) is 11.0 Å². The van der Waals surface area contributed by atoms with Crippen molar-refractivity contribution >= 4 is 5.82 Å². The summed E-state index contributed by atoms with van der Waals surface area (Å²) in [5, 5.41) is 9.43. The lowest BCUT2D eigenvalue weighted by molar-refractivity contribution is -0.0374. The van der Waals surface area contributed by atoms with E-state index in [-0.39, 0.29) is 11.7 Å². The van der Waals surface area contributed by atoms with Gasteiger partial charge in [0.1, 0.15) is 11.9 Å². The molecule has 0 aromatic carbocycles. The second-order valence-corrected chi connectivity index (χ2v) is 6.91. The van der Waals surface area contributed by atoms with Crippen molar-refractivity contribution in [2.75, 3.05) is 37.7 Å². The fourth-order valence-electron chi connectivity index (χ4n) is 3.92. The first-order valence-electron chi connectivity index (χ1n) is 8.74. The number of anilines is 1. The van der Waals surface area contributed by atoms with Gasteiger partial charge in [-0.2, -0.15) is 5.26 Å². The monoisotopic (exact) mass is 347 g/mol. The molecule has 136 valence electrons. The largest absolute Gasteiger partial charge is 0.376 e. The third-order valence-corrected chi connectivity index (χ3v) is 5.30. The average Bonchev–Trinajstić information content (AvgIpc) is 2.63. The summed E-state index contributed by atoms with van der Waals surface area (Å²) in [5.74, 6) is 0.449. The van der Waals surface area contributed by atoms with Crippen molar-refractivity contribution in [1.29, 1.82) is 5.26 Å². The summed E-state index contributed by atoms with van der Waals surface area (Å²) in [6.07, 6.45) is 2.15. The van der Waals surface area contributed by atoms with Crippen molar-refractivity contribution in [3.63, 3.8) is 0 Å². The zero-order chi connectivity index (χ0) is 18.1. The molecule has 3 heterocycles. The Labute approximate surface area is 146 Å². The van der Waals surface area contributed by atoms with Gasteiger partial charge in [-0.1, -0.05) is 0 Å². The highest BCUT2D eigenvalue weighted by atomic mass is 16.5. The molecular weight excluding hydrogens is 322 g/mol. The summed E-state index contributed by atoms with van der Waals surface area (Å²) in [5.41, 5.74) is -0.879. The molecule has 0 aliphatic carbocycles. The second kappa shape index (κ2) is 7.02. The SMILES string of the molecule is CC1CN(C2CCN(c3c(C#N)c(=O)n(C)c(=O)n3C)CC2)CCO1. The molecule has 1 aromatic rings. The Balaban J connectivity index is 1.81. The van der Waals surface area contributed by atoms with Crippen LogP contribution in [0.3, 0.4) is 0 Å². The normalized spacial score (nSPS) is 22.8. The molecule has 1 aromatic heterocycles. The molecular formula is C17H25N5O3. The Hall–Kier alpha value is -2.11. The maximum absolute atomic E-state index is 12.3. The third-order valence-electron chi connectivity index (χ3n) is 5.30. The maximum atomic E-state index is 12.3. The van der Waals surface area contributed by atoms with Gasteiger partial charge >= 0.3 is 5.69 Å². The Bertz CT molecular complexity index is 798. The van der Waals surface area contributed by atoms with Crippen LogP contribution in [-0.4, -0.2) is 59.0 Å². The molecule has 0 radical (unpaired) electrons. The van der Waals surface area contributed by atoms with E-state index in [2.05, 4.69) is 11.8 Å². The minimum atomic E-state index is -0.523. The molecule has 8 nitrogen and oxygen atoms in total. The Morgan fingerprint density at radius 2 is 1.80 bits per heavy atom.